The number of hydrogen-bond donors (Lipinski definition) is 3. The molecule has 0 fully saturated rings. The van der Waals surface area contributed by atoms with E-state index in [1.165, 1.54) is 24.3 Å². The molecule has 2 amide bonds. The second-order valence-corrected chi connectivity index (χ2v) is 8.14. The van der Waals surface area contributed by atoms with Crippen molar-refractivity contribution in [3.8, 4) is 0 Å². The number of hydroxylamine groups is 1. The first kappa shape index (κ1) is 21.6. The van der Waals surface area contributed by atoms with Crippen molar-refractivity contribution >= 4 is 33.2 Å². The smallest absolute Gasteiger partial charge is 0.251 e. The van der Waals surface area contributed by atoms with Crippen LogP contribution in [-0.4, -0.2) is 32.0 Å². The molecule has 3 N–H and O–H groups in total. The summed E-state index contributed by atoms with van der Waals surface area (Å²) in [5.41, 5.74) is 3.58. The fraction of sp³-hybridized carbons (Fsp3) is 0.182. The molecule has 4 rings (SSSR count). The molecule has 0 saturated heterocycles. The highest BCUT2D eigenvalue weighted by Crippen LogP contribution is 2.29. The second kappa shape index (κ2) is 9.67. The van der Waals surface area contributed by atoms with Gasteiger partial charge in [0, 0.05) is 10.3 Å². The van der Waals surface area contributed by atoms with Crippen LogP contribution in [0.1, 0.15) is 34.1 Å². The molecule has 0 aliphatic heterocycles. The first-order valence-corrected chi connectivity index (χ1v) is 10.7. The fourth-order valence-corrected chi connectivity index (χ4v) is 4.39. The van der Waals surface area contributed by atoms with E-state index in [4.69, 9.17) is 5.21 Å². The minimum Gasteiger partial charge on any atom is -0.346 e. The van der Waals surface area contributed by atoms with E-state index >= 15 is 0 Å². The van der Waals surface area contributed by atoms with E-state index in [1.807, 2.05) is 24.3 Å². The van der Waals surface area contributed by atoms with E-state index in [1.54, 1.807) is 27.7 Å². The van der Waals surface area contributed by atoms with Crippen molar-refractivity contribution < 1.29 is 19.2 Å². The molecule has 2 aromatic heterocycles. The maximum Gasteiger partial charge on any atom is 0.251 e. The zero-order valence-electron chi connectivity index (χ0n) is 16.9. The molecule has 2 heterocycles. The highest BCUT2D eigenvalue weighted by atomic mass is 32.1. The highest BCUT2D eigenvalue weighted by molar-refractivity contribution is 7.17. The molecular formula is C22H20FN5O3S. The van der Waals surface area contributed by atoms with Gasteiger partial charge in [0.05, 0.1) is 25.2 Å². The van der Waals surface area contributed by atoms with Crippen molar-refractivity contribution in [3.05, 3.63) is 82.7 Å². The van der Waals surface area contributed by atoms with Crippen LogP contribution in [0.4, 0.5) is 4.39 Å². The molecule has 0 bridgehead atoms. The molecular weight excluding hydrogens is 433 g/mol. The molecule has 1 atom stereocenters. The van der Waals surface area contributed by atoms with Gasteiger partial charge in [-0.05, 0) is 53.1 Å². The molecule has 4 aromatic rings. The van der Waals surface area contributed by atoms with Crippen molar-refractivity contribution in [2.45, 2.75) is 25.4 Å². The maximum absolute atomic E-state index is 13.0. The van der Waals surface area contributed by atoms with E-state index < -0.39 is 11.7 Å². The van der Waals surface area contributed by atoms with E-state index in [9.17, 15) is 14.0 Å². The van der Waals surface area contributed by atoms with E-state index in [0.29, 0.717) is 17.7 Å². The Hall–Kier alpha value is -3.63. The predicted octanol–water partition coefficient (Wildman–Crippen LogP) is 3.24. The number of rotatable bonds is 8. The van der Waals surface area contributed by atoms with Gasteiger partial charge in [0.25, 0.3) is 5.91 Å². The lowest BCUT2D eigenvalue weighted by atomic mass is 10.0. The summed E-state index contributed by atoms with van der Waals surface area (Å²) < 4.78 is 15.7. The van der Waals surface area contributed by atoms with Gasteiger partial charge in [-0.1, -0.05) is 23.4 Å². The maximum atomic E-state index is 13.0. The Morgan fingerprint density at radius 2 is 1.94 bits per heavy atom. The topological polar surface area (TPSA) is 109 Å². The summed E-state index contributed by atoms with van der Waals surface area (Å²) >= 11 is 1.62. The molecule has 164 valence electrons. The van der Waals surface area contributed by atoms with Crippen LogP contribution in [0.25, 0.3) is 10.1 Å². The second-order valence-electron chi connectivity index (χ2n) is 7.23. The fourth-order valence-electron chi connectivity index (χ4n) is 3.41. The van der Waals surface area contributed by atoms with Crippen molar-refractivity contribution in [1.29, 1.82) is 0 Å². The first-order chi connectivity index (χ1) is 15.5. The van der Waals surface area contributed by atoms with Crippen LogP contribution in [0.15, 0.2) is 60.1 Å². The third kappa shape index (κ3) is 4.98. The molecule has 0 aliphatic rings. The van der Waals surface area contributed by atoms with Crippen LogP contribution in [0.5, 0.6) is 0 Å². The number of aromatic nitrogens is 3. The Morgan fingerprint density at radius 1 is 1.16 bits per heavy atom. The number of nitrogens with one attached hydrogen (secondary N) is 2. The zero-order chi connectivity index (χ0) is 22.5. The molecule has 10 heteroatoms. The van der Waals surface area contributed by atoms with Gasteiger partial charge in [-0.25, -0.2) is 14.6 Å². The lowest BCUT2D eigenvalue weighted by molar-refractivity contribution is -0.130. The number of fused-ring (bicyclic) bond motifs is 1. The molecule has 0 saturated carbocycles. The monoisotopic (exact) mass is 453 g/mol. The molecule has 1 unspecified atom stereocenters. The van der Waals surface area contributed by atoms with Gasteiger partial charge in [0.1, 0.15) is 11.5 Å². The third-order valence-corrected chi connectivity index (χ3v) is 6.04. The van der Waals surface area contributed by atoms with Crippen LogP contribution in [0.2, 0.25) is 0 Å². The number of halogens is 1. The van der Waals surface area contributed by atoms with Gasteiger partial charge in [-0.15, -0.1) is 16.4 Å². The summed E-state index contributed by atoms with van der Waals surface area (Å²) in [6, 6.07) is 12.9. The molecule has 0 aliphatic carbocycles. The number of carbonyl (C=O) groups is 2. The number of nitrogens with zero attached hydrogens (tertiary/aromatic N) is 3. The predicted molar refractivity (Wildman–Crippen MR) is 117 cm³/mol. The summed E-state index contributed by atoms with van der Waals surface area (Å²) in [7, 11) is 0. The average molecular weight is 453 g/mol. The normalized spacial score (nSPS) is 11.9. The molecule has 0 radical (unpaired) electrons. The lowest BCUT2D eigenvalue weighted by Crippen LogP contribution is -2.25. The SMILES string of the molecule is O=C(CC(Cc1csc2ccccc12)n1cc(CNC(=O)c2ccc(F)cc2)nn1)NO. The van der Waals surface area contributed by atoms with Gasteiger partial charge < -0.3 is 5.32 Å². The number of benzene rings is 2. The summed E-state index contributed by atoms with van der Waals surface area (Å²) in [6.45, 7) is 0.122. The summed E-state index contributed by atoms with van der Waals surface area (Å²) in [5, 5.41) is 23.1. The minimum atomic E-state index is -0.531. The molecule has 8 nitrogen and oxygen atoms in total. The van der Waals surface area contributed by atoms with E-state index in [2.05, 4.69) is 21.0 Å². The summed E-state index contributed by atoms with van der Waals surface area (Å²) in [4.78, 5) is 24.1. The quantitative estimate of drug-likeness (QED) is 0.280. The lowest BCUT2D eigenvalue weighted by Gasteiger charge is -2.15. The Bertz CT molecular complexity index is 1240. The van der Waals surface area contributed by atoms with Gasteiger partial charge in [-0.3, -0.25) is 14.8 Å². The highest BCUT2D eigenvalue weighted by Gasteiger charge is 2.20. The van der Waals surface area contributed by atoms with Crippen LogP contribution < -0.4 is 10.8 Å². The Balaban J connectivity index is 1.48. The van der Waals surface area contributed by atoms with E-state index in [-0.39, 0.29) is 24.9 Å². The third-order valence-electron chi connectivity index (χ3n) is 5.03. The summed E-state index contributed by atoms with van der Waals surface area (Å²) in [6.07, 6.45) is 2.18. The zero-order valence-corrected chi connectivity index (χ0v) is 17.7. The Kier molecular flexibility index (Phi) is 6.52. The largest absolute Gasteiger partial charge is 0.346 e. The van der Waals surface area contributed by atoms with Gasteiger partial charge in [0.15, 0.2) is 0 Å². The van der Waals surface area contributed by atoms with Crippen LogP contribution in [0.3, 0.4) is 0 Å². The van der Waals surface area contributed by atoms with Crippen LogP contribution in [0, 0.1) is 5.82 Å². The molecule has 2 aromatic carbocycles. The van der Waals surface area contributed by atoms with Crippen molar-refractivity contribution in [2.24, 2.45) is 0 Å². The Morgan fingerprint density at radius 3 is 2.72 bits per heavy atom. The number of amides is 2. The van der Waals surface area contributed by atoms with Crippen LogP contribution in [-0.2, 0) is 17.8 Å². The standard InChI is InChI=1S/C22H20FN5O3S/c23-16-7-5-14(6-8-16)22(30)24-11-17-12-28(27-25-17)18(10-21(29)26-31)9-15-13-32-20-4-2-1-3-19(15)20/h1-8,12-13,18,31H,9-11H2,(H,24,30)(H,26,29). The summed E-state index contributed by atoms with van der Waals surface area (Å²) in [5.74, 6) is -1.31. The number of thiophene rings is 1. The van der Waals surface area contributed by atoms with Crippen molar-refractivity contribution in [1.82, 2.24) is 25.8 Å². The number of hydrogen-bond acceptors (Lipinski definition) is 6. The molecule has 0 spiro atoms. The van der Waals surface area contributed by atoms with Gasteiger partial charge >= 0.3 is 0 Å². The molecule has 32 heavy (non-hydrogen) atoms. The van der Waals surface area contributed by atoms with Crippen molar-refractivity contribution in [3.63, 3.8) is 0 Å². The average Bonchev–Trinajstić information content (AvgIpc) is 3.45. The van der Waals surface area contributed by atoms with Gasteiger partial charge in [0.2, 0.25) is 5.91 Å². The number of carbonyl (C=O) groups excluding carboxylic acids is 2. The van der Waals surface area contributed by atoms with Gasteiger partial charge in [-0.2, -0.15) is 0 Å². The van der Waals surface area contributed by atoms with E-state index in [0.717, 1.165) is 15.6 Å². The minimum absolute atomic E-state index is 0.00537. The van der Waals surface area contributed by atoms with Crippen molar-refractivity contribution in [2.75, 3.05) is 0 Å². The first-order valence-electron chi connectivity index (χ1n) is 9.86. The van der Waals surface area contributed by atoms with Crippen LogP contribution >= 0.6 is 11.3 Å². The Labute approximate surface area is 186 Å².